The minimum Gasteiger partial charge on any atom is -0.370 e. The van der Waals surface area contributed by atoms with Gasteiger partial charge in [0.1, 0.15) is 11.6 Å². The number of aromatic nitrogens is 1. The normalized spacial score (nSPS) is 10.3. The van der Waals surface area contributed by atoms with Crippen LogP contribution in [0.3, 0.4) is 0 Å². The number of carbonyl (C=O) groups is 1. The Morgan fingerprint density at radius 1 is 1.55 bits per heavy atom. The fourth-order valence-corrected chi connectivity index (χ4v) is 2.50. The second kappa shape index (κ2) is 6.47. The van der Waals surface area contributed by atoms with Crippen molar-refractivity contribution < 1.29 is 9.18 Å². The van der Waals surface area contributed by atoms with E-state index in [1.54, 1.807) is 23.3 Å². The first kappa shape index (κ1) is 14.5. The highest BCUT2D eigenvalue weighted by Crippen LogP contribution is 2.17. The lowest BCUT2D eigenvalue weighted by Crippen LogP contribution is -2.27. The summed E-state index contributed by atoms with van der Waals surface area (Å²) in [4.78, 5) is 17.9. The van der Waals surface area contributed by atoms with Crippen LogP contribution in [0.1, 0.15) is 22.8 Å². The van der Waals surface area contributed by atoms with Crippen molar-refractivity contribution in [3.8, 4) is 0 Å². The number of rotatable bonds is 5. The molecule has 0 aromatic carbocycles. The van der Waals surface area contributed by atoms with Crippen LogP contribution in [0.4, 0.5) is 10.2 Å². The van der Waals surface area contributed by atoms with E-state index in [4.69, 9.17) is 0 Å². The average Bonchev–Trinajstić information content (AvgIpc) is 2.93. The third-order valence-electron chi connectivity index (χ3n) is 2.78. The van der Waals surface area contributed by atoms with Gasteiger partial charge in [-0.3, -0.25) is 4.79 Å². The number of amides is 1. The molecular weight excluding hydrogens is 277 g/mol. The molecule has 4 nitrogen and oxygen atoms in total. The first-order valence-corrected chi connectivity index (χ1v) is 7.22. The van der Waals surface area contributed by atoms with Crippen LogP contribution >= 0.6 is 11.3 Å². The van der Waals surface area contributed by atoms with Gasteiger partial charge in [-0.15, -0.1) is 0 Å². The third-order valence-corrected chi connectivity index (χ3v) is 3.51. The molecule has 0 atom stereocenters. The number of carbonyl (C=O) groups excluding carboxylic acids is 1. The maximum absolute atomic E-state index is 13.3. The molecule has 0 spiro atoms. The summed E-state index contributed by atoms with van der Waals surface area (Å²) in [5.74, 6) is -0.353. The summed E-state index contributed by atoms with van der Waals surface area (Å²) in [5.41, 5.74) is 1.31. The van der Waals surface area contributed by atoms with Crippen molar-refractivity contribution in [2.45, 2.75) is 13.5 Å². The van der Waals surface area contributed by atoms with Crippen molar-refractivity contribution in [1.29, 1.82) is 0 Å². The minimum atomic E-state index is -0.515. The molecule has 2 aromatic rings. The molecule has 0 bridgehead atoms. The topological polar surface area (TPSA) is 45.2 Å². The van der Waals surface area contributed by atoms with Crippen molar-refractivity contribution in [1.82, 2.24) is 9.88 Å². The van der Waals surface area contributed by atoms with Crippen LogP contribution in [0.5, 0.6) is 0 Å². The van der Waals surface area contributed by atoms with Crippen LogP contribution < -0.4 is 5.32 Å². The van der Waals surface area contributed by atoms with Gasteiger partial charge in [0.2, 0.25) is 0 Å². The van der Waals surface area contributed by atoms with Gasteiger partial charge in [-0.25, -0.2) is 9.37 Å². The molecule has 2 heterocycles. The van der Waals surface area contributed by atoms with Crippen LogP contribution in [-0.2, 0) is 6.54 Å². The first-order valence-electron chi connectivity index (χ1n) is 6.27. The van der Waals surface area contributed by atoms with Crippen LogP contribution in [0.2, 0.25) is 0 Å². The van der Waals surface area contributed by atoms with E-state index in [9.17, 15) is 9.18 Å². The summed E-state index contributed by atoms with van der Waals surface area (Å²) in [7, 11) is 1.70. The highest BCUT2D eigenvalue weighted by molar-refractivity contribution is 7.07. The van der Waals surface area contributed by atoms with Gasteiger partial charge in [-0.2, -0.15) is 11.3 Å². The number of hydrogen-bond acceptors (Lipinski definition) is 4. The lowest BCUT2D eigenvalue weighted by molar-refractivity contribution is 0.0785. The Labute approximate surface area is 121 Å². The second-order valence-corrected chi connectivity index (χ2v) is 5.15. The van der Waals surface area contributed by atoms with Crippen molar-refractivity contribution >= 4 is 23.1 Å². The predicted molar refractivity (Wildman–Crippen MR) is 78.5 cm³/mol. The Balaban J connectivity index is 2.21. The molecule has 0 aliphatic heterocycles. The molecule has 0 aliphatic carbocycles. The van der Waals surface area contributed by atoms with E-state index >= 15 is 0 Å². The van der Waals surface area contributed by atoms with E-state index in [1.807, 2.05) is 23.8 Å². The molecule has 106 valence electrons. The first-order chi connectivity index (χ1) is 9.61. The summed E-state index contributed by atoms with van der Waals surface area (Å²) in [6.45, 7) is 3.01. The molecule has 0 unspecified atom stereocenters. The van der Waals surface area contributed by atoms with E-state index in [2.05, 4.69) is 10.3 Å². The Kier molecular flexibility index (Phi) is 4.68. The van der Waals surface area contributed by atoms with E-state index in [0.717, 1.165) is 11.8 Å². The van der Waals surface area contributed by atoms with Gasteiger partial charge in [0.15, 0.2) is 0 Å². The van der Waals surface area contributed by atoms with E-state index in [0.29, 0.717) is 18.9 Å². The van der Waals surface area contributed by atoms with Gasteiger partial charge in [-0.05, 0) is 35.4 Å². The monoisotopic (exact) mass is 293 g/mol. The SMILES string of the molecule is CCNc1ncc(F)cc1C(=O)N(C)Cc1ccsc1. The number of anilines is 1. The molecule has 1 N–H and O–H groups in total. The van der Waals surface area contributed by atoms with Gasteiger partial charge >= 0.3 is 0 Å². The standard InChI is InChI=1S/C14H16FN3OS/c1-3-16-13-12(6-11(15)7-17-13)14(19)18(2)8-10-4-5-20-9-10/h4-7,9H,3,8H2,1-2H3,(H,16,17). The smallest absolute Gasteiger partial charge is 0.257 e. The fourth-order valence-electron chi connectivity index (χ4n) is 1.84. The van der Waals surface area contributed by atoms with Crippen molar-refractivity contribution in [2.24, 2.45) is 0 Å². The molecule has 0 aliphatic rings. The maximum Gasteiger partial charge on any atom is 0.257 e. The third kappa shape index (κ3) is 3.33. The molecule has 6 heteroatoms. The fraction of sp³-hybridized carbons (Fsp3) is 0.286. The average molecular weight is 293 g/mol. The molecule has 2 rings (SSSR count). The van der Waals surface area contributed by atoms with Crippen LogP contribution in [0.15, 0.2) is 29.1 Å². The molecule has 20 heavy (non-hydrogen) atoms. The highest BCUT2D eigenvalue weighted by Gasteiger charge is 2.18. The van der Waals surface area contributed by atoms with Gasteiger partial charge in [-0.1, -0.05) is 0 Å². The molecule has 1 amide bonds. The summed E-state index contributed by atoms with van der Waals surface area (Å²) < 4.78 is 13.3. The van der Waals surface area contributed by atoms with Crippen LogP contribution in [-0.4, -0.2) is 29.4 Å². The molecule has 2 aromatic heterocycles. The van der Waals surface area contributed by atoms with Crippen LogP contribution in [0, 0.1) is 5.82 Å². The lowest BCUT2D eigenvalue weighted by atomic mass is 10.2. The summed E-state index contributed by atoms with van der Waals surface area (Å²) in [6.07, 6.45) is 1.10. The summed E-state index contributed by atoms with van der Waals surface area (Å²) >= 11 is 1.58. The zero-order chi connectivity index (χ0) is 14.5. The predicted octanol–water partition coefficient (Wildman–Crippen LogP) is 2.99. The molecule has 0 saturated heterocycles. The van der Waals surface area contributed by atoms with Crippen molar-refractivity contribution in [2.75, 3.05) is 18.9 Å². The largest absolute Gasteiger partial charge is 0.370 e. The second-order valence-electron chi connectivity index (χ2n) is 4.37. The van der Waals surface area contributed by atoms with Crippen molar-refractivity contribution in [3.63, 3.8) is 0 Å². The Morgan fingerprint density at radius 3 is 3.00 bits per heavy atom. The minimum absolute atomic E-state index is 0.251. The van der Waals surface area contributed by atoms with E-state index < -0.39 is 5.82 Å². The number of nitrogens with one attached hydrogen (secondary N) is 1. The number of hydrogen-bond donors (Lipinski definition) is 1. The molecular formula is C14H16FN3OS. The molecule has 0 saturated carbocycles. The molecule has 0 radical (unpaired) electrons. The van der Waals surface area contributed by atoms with Gasteiger partial charge in [0, 0.05) is 20.1 Å². The Bertz CT molecular complexity index is 586. The summed E-state index contributed by atoms with van der Waals surface area (Å²) in [5, 5.41) is 6.92. The number of thiophene rings is 1. The van der Waals surface area contributed by atoms with E-state index in [1.165, 1.54) is 6.07 Å². The van der Waals surface area contributed by atoms with Gasteiger partial charge in [0.05, 0.1) is 11.8 Å². The zero-order valence-electron chi connectivity index (χ0n) is 11.4. The Hall–Kier alpha value is -1.95. The zero-order valence-corrected chi connectivity index (χ0v) is 12.2. The van der Waals surface area contributed by atoms with Crippen LogP contribution in [0.25, 0.3) is 0 Å². The number of nitrogens with zero attached hydrogens (tertiary/aromatic N) is 2. The highest BCUT2D eigenvalue weighted by atomic mass is 32.1. The number of pyridine rings is 1. The number of halogens is 1. The van der Waals surface area contributed by atoms with Gasteiger partial charge in [0.25, 0.3) is 5.91 Å². The van der Waals surface area contributed by atoms with E-state index in [-0.39, 0.29) is 11.5 Å². The maximum atomic E-state index is 13.3. The molecule has 0 fully saturated rings. The van der Waals surface area contributed by atoms with Gasteiger partial charge < -0.3 is 10.2 Å². The Morgan fingerprint density at radius 2 is 2.35 bits per heavy atom. The lowest BCUT2D eigenvalue weighted by Gasteiger charge is -2.18. The quantitative estimate of drug-likeness (QED) is 0.921. The van der Waals surface area contributed by atoms with Crippen molar-refractivity contribution in [3.05, 3.63) is 46.0 Å². The summed E-state index contributed by atoms with van der Waals surface area (Å²) in [6, 6.07) is 3.18.